The maximum absolute atomic E-state index is 5.63. The molecule has 0 atom stereocenters. The SMILES string of the molecule is CCOc1ccccc1-c1nncn1C1CC1. The number of benzene rings is 1. The lowest BCUT2D eigenvalue weighted by Crippen LogP contribution is -1.99. The Morgan fingerprint density at radius 2 is 2.18 bits per heavy atom. The lowest BCUT2D eigenvalue weighted by atomic mass is 10.2. The van der Waals surface area contributed by atoms with E-state index in [2.05, 4.69) is 14.8 Å². The number of para-hydroxylation sites is 1. The number of ether oxygens (including phenoxy) is 1. The van der Waals surface area contributed by atoms with Gasteiger partial charge in [0, 0.05) is 6.04 Å². The van der Waals surface area contributed by atoms with Gasteiger partial charge in [0.2, 0.25) is 0 Å². The van der Waals surface area contributed by atoms with Gasteiger partial charge in [-0.05, 0) is 31.9 Å². The Hall–Kier alpha value is -1.84. The van der Waals surface area contributed by atoms with Gasteiger partial charge in [-0.25, -0.2) is 0 Å². The number of rotatable bonds is 4. The first-order chi connectivity index (χ1) is 8.40. The highest BCUT2D eigenvalue weighted by Gasteiger charge is 2.27. The summed E-state index contributed by atoms with van der Waals surface area (Å²) in [6.45, 7) is 2.65. The van der Waals surface area contributed by atoms with Crippen molar-refractivity contribution < 1.29 is 4.74 Å². The minimum absolute atomic E-state index is 0.578. The summed E-state index contributed by atoms with van der Waals surface area (Å²) in [5.41, 5.74) is 1.03. The molecule has 1 heterocycles. The summed E-state index contributed by atoms with van der Waals surface area (Å²) in [7, 11) is 0. The van der Waals surface area contributed by atoms with Crippen molar-refractivity contribution in [2.45, 2.75) is 25.8 Å². The van der Waals surface area contributed by atoms with Crippen molar-refractivity contribution in [3.8, 4) is 17.1 Å². The third kappa shape index (κ3) is 1.90. The van der Waals surface area contributed by atoms with Crippen molar-refractivity contribution in [3.05, 3.63) is 30.6 Å². The Morgan fingerprint density at radius 1 is 1.35 bits per heavy atom. The summed E-state index contributed by atoms with van der Waals surface area (Å²) in [4.78, 5) is 0. The number of aromatic nitrogens is 3. The average Bonchev–Trinajstić information content (AvgIpc) is 3.09. The van der Waals surface area contributed by atoms with Crippen LogP contribution in [0, 0.1) is 0 Å². The molecule has 0 bridgehead atoms. The fraction of sp³-hybridized carbons (Fsp3) is 0.385. The first-order valence-electron chi connectivity index (χ1n) is 6.02. The van der Waals surface area contributed by atoms with Gasteiger partial charge in [-0.1, -0.05) is 12.1 Å². The van der Waals surface area contributed by atoms with Crippen LogP contribution in [0.25, 0.3) is 11.4 Å². The van der Waals surface area contributed by atoms with E-state index < -0.39 is 0 Å². The van der Waals surface area contributed by atoms with Crippen LogP contribution in [0.15, 0.2) is 30.6 Å². The van der Waals surface area contributed by atoms with Crippen LogP contribution in [0.4, 0.5) is 0 Å². The summed E-state index contributed by atoms with van der Waals surface area (Å²) < 4.78 is 7.79. The molecule has 4 nitrogen and oxygen atoms in total. The molecule has 0 saturated heterocycles. The van der Waals surface area contributed by atoms with Crippen LogP contribution in [0.5, 0.6) is 5.75 Å². The summed E-state index contributed by atoms with van der Waals surface area (Å²) in [5.74, 6) is 1.79. The Morgan fingerprint density at radius 3 is 2.94 bits per heavy atom. The second-order valence-electron chi connectivity index (χ2n) is 4.22. The predicted molar refractivity (Wildman–Crippen MR) is 64.9 cm³/mol. The van der Waals surface area contributed by atoms with Crippen LogP contribution in [0.2, 0.25) is 0 Å². The van der Waals surface area contributed by atoms with E-state index in [1.165, 1.54) is 12.8 Å². The fourth-order valence-corrected chi connectivity index (χ4v) is 1.99. The second kappa shape index (κ2) is 4.20. The van der Waals surface area contributed by atoms with Crippen LogP contribution < -0.4 is 4.74 Å². The molecular weight excluding hydrogens is 214 g/mol. The van der Waals surface area contributed by atoms with Crippen molar-refractivity contribution in [2.24, 2.45) is 0 Å². The molecule has 0 unspecified atom stereocenters. The molecule has 17 heavy (non-hydrogen) atoms. The summed E-state index contributed by atoms with van der Waals surface area (Å²) in [5, 5.41) is 8.24. The minimum atomic E-state index is 0.578. The van der Waals surface area contributed by atoms with Gasteiger partial charge in [0.25, 0.3) is 0 Å². The van der Waals surface area contributed by atoms with Gasteiger partial charge in [-0.2, -0.15) is 0 Å². The highest BCUT2D eigenvalue weighted by atomic mass is 16.5. The summed E-state index contributed by atoms with van der Waals surface area (Å²) in [6, 6.07) is 8.57. The molecule has 88 valence electrons. The molecule has 3 rings (SSSR count). The van der Waals surface area contributed by atoms with E-state index in [-0.39, 0.29) is 0 Å². The van der Waals surface area contributed by atoms with E-state index in [1.807, 2.05) is 37.5 Å². The number of nitrogens with zero attached hydrogens (tertiary/aromatic N) is 3. The van der Waals surface area contributed by atoms with E-state index in [9.17, 15) is 0 Å². The van der Waals surface area contributed by atoms with E-state index >= 15 is 0 Å². The molecule has 0 amide bonds. The zero-order chi connectivity index (χ0) is 11.7. The van der Waals surface area contributed by atoms with Crippen LogP contribution in [-0.2, 0) is 0 Å². The smallest absolute Gasteiger partial charge is 0.167 e. The third-order valence-corrected chi connectivity index (χ3v) is 2.94. The Labute approximate surface area is 100 Å². The van der Waals surface area contributed by atoms with Gasteiger partial charge in [0.15, 0.2) is 5.82 Å². The third-order valence-electron chi connectivity index (χ3n) is 2.94. The van der Waals surface area contributed by atoms with E-state index in [4.69, 9.17) is 4.74 Å². The zero-order valence-electron chi connectivity index (χ0n) is 9.84. The average molecular weight is 229 g/mol. The van der Waals surface area contributed by atoms with Crippen molar-refractivity contribution in [1.82, 2.24) is 14.8 Å². The summed E-state index contributed by atoms with van der Waals surface area (Å²) in [6.07, 6.45) is 4.26. The largest absolute Gasteiger partial charge is 0.493 e. The molecule has 0 spiro atoms. The van der Waals surface area contributed by atoms with Crippen molar-refractivity contribution in [2.75, 3.05) is 6.61 Å². The molecule has 1 fully saturated rings. The molecule has 1 aromatic carbocycles. The predicted octanol–water partition coefficient (Wildman–Crippen LogP) is 2.68. The van der Waals surface area contributed by atoms with Crippen LogP contribution in [0.3, 0.4) is 0 Å². The van der Waals surface area contributed by atoms with Crippen LogP contribution in [-0.4, -0.2) is 21.4 Å². The van der Waals surface area contributed by atoms with Crippen molar-refractivity contribution in [1.29, 1.82) is 0 Å². The molecule has 0 aliphatic heterocycles. The standard InChI is InChI=1S/C13H15N3O/c1-2-17-12-6-4-3-5-11(12)13-15-14-9-16(13)10-7-8-10/h3-6,9-10H,2,7-8H2,1H3. The second-order valence-corrected chi connectivity index (χ2v) is 4.22. The van der Waals surface area contributed by atoms with Crippen molar-refractivity contribution in [3.63, 3.8) is 0 Å². The van der Waals surface area contributed by atoms with E-state index in [0.717, 1.165) is 17.1 Å². The quantitative estimate of drug-likeness (QED) is 0.809. The van der Waals surface area contributed by atoms with E-state index in [0.29, 0.717) is 12.6 Å². The lowest BCUT2D eigenvalue weighted by Gasteiger charge is -2.10. The molecule has 0 N–H and O–H groups in total. The van der Waals surface area contributed by atoms with Gasteiger partial charge in [-0.3, -0.25) is 0 Å². The van der Waals surface area contributed by atoms with Gasteiger partial charge in [0.05, 0.1) is 12.2 Å². The van der Waals surface area contributed by atoms with Crippen molar-refractivity contribution >= 4 is 0 Å². The normalized spacial score (nSPS) is 14.9. The molecule has 1 saturated carbocycles. The zero-order valence-corrected chi connectivity index (χ0v) is 9.84. The molecule has 1 aliphatic rings. The van der Waals surface area contributed by atoms with Gasteiger partial charge >= 0.3 is 0 Å². The molecule has 0 radical (unpaired) electrons. The Bertz CT molecular complexity index is 517. The molecular formula is C13H15N3O. The first-order valence-corrected chi connectivity index (χ1v) is 6.02. The highest BCUT2D eigenvalue weighted by molar-refractivity contribution is 5.64. The molecule has 1 aromatic heterocycles. The molecule has 2 aromatic rings. The lowest BCUT2D eigenvalue weighted by molar-refractivity contribution is 0.341. The minimum Gasteiger partial charge on any atom is -0.493 e. The number of hydrogen-bond acceptors (Lipinski definition) is 3. The van der Waals surface area contributed by atoms with Gasteiger partial charge in [-0.15, -0.1) is 10.2 Å². The number of hydrogen-bond donors (Lipinski definition) is 0. The molecule has 4 heteroatoms. The first kappa shape index (κ1) is 10.3. The Kier molecular flexibility index (Phi) is 2.55. The highest BCUT2D eigenvalue weighted by Crippen LogP contribution is 2.39. The van der Waals surface area contributed by atoms with Gasteiger partial charge < -0.3 is 9.30 Å². The van der Waals surface area contributed by atoms with Crippen LogP contribution >= 0.6 is 0 Å². The topological polar surface area (TPSA) is 39.9 Å². The maximum Gasteiger partial charge on any atom is 0.167 e. The fourth-order valence-electron chi connectivity index (χ4n) is 1.99. The monoisotopic (exact) mass is 229 g/mol. The molecule has 1 aliphatic carbocycles. The van der Waals surface area contributed by atoms with Gasteiger partial charge in [0.1, 0.15) is 12.1 Å². The maximum atomic E-state index is 5.63. The summed E-state index contributed by atoms with van der Waals surface area (Å²) >= 11 is 0. The van der Waals surface area contributed by atoms with E-state index in [1.54, 1.807) is 0 Å². The Balaban J connectivity index is 2.04. The van der Waals surface area contributed by atoms with Crippen LogP contribution in [0.1, 0.15) is 25.8 Å².